The molecule has 0 aliphatic heterocycles. The van der Waals surface area contributed by atoms with Crippen LogP contribution >= 0.6 is 0 Å². The average molecular weight is 300 g/mol. The fourth-order valence-corrected chi connectivity index (χ4v) is 3.01. The van der Waals surface area contributed by atoms with Gasteiger partial charge in [0.2, 0.25) is 0 Å². The molecule has 0 unspecified atom stereocenters. The largest absolute Gasteiger partial charge is 0.284 e. The van der Waals surface area contributed by atoms with Gasteiger partial charge in [-0.15, -0.1) is 0 Å². The lowest BCUT2D eigenvalue weighted by molar-refractivity contribution is -0.385. The number of nitro groups is 1. The van der Waals surface area contributed by atoms with Crippen molar-refractivity contribution in [3.63, 3.8) is 0 Å². The van der Waals surface area contributed by atoms with E-state index in [1.165, 1.54) is 12.1 Å². The molecule has 1 N–H and O–H groups in total. The molecule has 0 spiro atoms. The van der Waals surface area contributed by atoms with Gasteiger partial charge < -0.3 is 0 Å². The van der Waals surface area contributed by atoms with Crippen LogP contribution in [-0.2, 0) is 14.9 Å². The van der Waals surface area contributed by atoms with Gasteiger partial charge in [0, 0.05) is 11.6 Å². The summed E-state index contributed by atoms with van der Waals surface area (Å²) in [5.41, 5.74) is 0.180. The Morgan fingerprint density at radius 2 is 2.00 bits per heavy atom. The van der Waals surface area contributed by atoms with Crippen molar-refractivity contribution in [1.29, 1.82) is 0 Å². The smallest absolute Gasteiger partial charge is 0.273 e. The first-order valence-electron chi connectivity index (χ1n) is 6.32. The lowest BCUT2D eigenvalue weighted by Crippen LogP contribution is -2.28. The predicted octanol–water partition coefficient (Wildman–Crippen LogP) is 2.06. The van der Waals surface area contributed by atoms with Crippen LogP contribution < -0.4 is 4.89 Å². The maximum absolute atomic E-state index is 12.0. The minimum absolute atomic E-state index is 0.120. The van der Waals surface area contributed by atoms with Gasteiger partial charge in [0.25, 0.3) is 15.7 Å². The summed E-state index contributed by atoms with van der Waals surface area (Å²) in [6.07, 6.45) is 3.54. The molecule has 1 saturated carbocycles. The van der Waals surface area contributed by atoms with E-state index < -0.39 is 14.9 Å². The molecule has 1 aromatic rings. The minimum atomic E-state index is -3.90. The molecule has 20 heavy (non-hydrogen) atoms. The third kappa shape index (κ3) is 3.33. The predicted molar refractivity (Wildman–Crippen MR) is 71.5 cm³/mol. The zero-order valence-electron chi connectivity index (χ0n) is 11.0. The van der Waals surface area contributed by atoms with Crippen LogP contribution in [0.4, 0.5) is 5.69 Å². The second kappa shape index (κ2) is 5.86. The second-order valence-electron chi connectivity index (χ2n) is 4.82. The Morgan fingerprint density at radius 3 is 2.60 bits per heavy atom. The van der Waals surface area contributed by atoms with Crippen LogP contribution in [0.15, 0.2) is 23.1 Å². The van der Waals surface area contributed by atoms with Crippen molar-refractivity contribution < 1.29 is 18.2 Å². The average Bonchev–Trinajstić information content (AvgIpc) is 2.89. The fraction of sp³-hybridized carbons (Fsp3) is 0.500. The van der Waals surface area contributed by atoms with Crippen LogP contribution in [0.25, 0.3) is 0 Å². The SMILES string of the molecule is Cc1ccc(S(=O)(=O)NOC2CCCC2)cc1[N+](=O)[O-]. The number of nitro benzene ring substituents is 1. The Hall–Kier alpha value is -1.51. The fourth-order valence-electron chi connectivity index (χ4n) is 2.14. The van der Waals surface area contributed by atoms with E-state index in [9.17, 15) is 18.5 Å². The van der Waals surface area contributed by atoms with Crippen molar-refractivity contribution in [3.8, 4) is 0 Å². The zero-order chi connectivity index (χ0) is 14.8. The van der Waals surface area contributed by atoms with Gasteiger partial charge in [-0.05, 0) is 25.8 Å². The second-order valence-corrected chi connectivity index (χ2v) is 6.46. The third-order valence-electron chi connectivity index (χ3n) is 3.31. The maximum atomic E-state index is 12.0. The third-order valence-corrected chi connectivity index (χ3v) is 4.50. The molecule has 110 valence electrons. The van der Waals surface area contributed by atoms with Gasteiger partial charge in [-0.2, -0.15) is 0 Å². The summed E-state index contributed by atoms with van der Waals surface area (Å²) in [4.78, 5) is 17.2. The molecule has 0 atom stereocenters. The molecule has 7 nitrogen and oxygen atoms in total. The van der Waals surface area contributed by atoms with Gasteiger partial charge in [-0.3, -0.25) is 15.0 Å². The summed E-state index contributed by atoms with van der Waals surface area (Å²) < 4.78 is 24.0. The summed E-state index contributed by atoms with van der Waals surface area (Å²) in [7, 11) is -3.90. The van der Waals surface area contributed by atoms with Crippen molar-refractivity contribution in [2.24, 2.45) is 0 Å². The molecule has 0 heterocycles. The Balaban J connectivity index is 2.16. The first kappa shape index (κ1) is 14.9. The first-order chi connectivity index (χ1) is 9.40. The molecule has 0 saturated heterocycles. The lowest BCUT2D eigenvalue weighted by Gasteiger charge is -2.12. The number of nitrogens with one attached hydrogen (secondary N) is 1. The number of nitrogens with zero attached hydrogens (tertiary/aromatic N) is 1. The number of hydrogen-bond acceptors (Lipinski definition) is 5. The summed E-state index contributed by atoms with van der Waals surface area (Å²) in [5, 5.41) is 10.8. The number of benzene rings is 1. The molecule has 0 aromatic heterocycles. The highest BCUT2D eigenvalue weighted by molar-refractivity contribution is 7.89. The maximum Gasteiger partial charge on any atom is 0.273 e. The van der Waals surface area contributed by atoms with Crippen LogP contribution in [0, 0.1) is 17.0 Å². The molecular formula is C12H16N2O5S. The highest BCUT2D eigenvalue weighted by Gasteiger charge is 2.23. The van der Waals surface area contributed by atoms with Crippen molar-refractivity contribution in [2.45, 2.75) is 43.6 Å². The van der Waals surface area contributed by atoms with Crippen molar-refractivity contribution in [2.75, 3.05) is 0 Å². The van der Waals surface area contributed by atoms with E-state index in [0.717, 1.165) is 31.7 Å². The van der Waals surface area contributed by atoms with E-state index in [1.54, 1.807) is 6.92 Å². The van der Waals surface area contributed by atoms with E-state index in [4.69, 9.17) is 4.84 Å². The van der Waals surface area contributed by atoms with Crippen LogP contribution in [0.3, 0.4) is 0 Å². The standard InChI is InChI=1S/C12H16N2O5S/c1-9-6-7-11(8-12(9)14(15)16)20(17,18)13-19-10-4-2-3-5-10/h6-8,10,13H,2-5H2,1H3. The Morgan fingerprint density at radius 1 is 1.35 bits per heavy atom. The summed E-state index contributed by atoms with van der Waals surface area (Å²) in [6, 6.07) is 3.76. The van der Waals surface area contributed by atoms with E-state index in [2.05, 4.69) is 4.89 Å². The van der Waals surface area contributed by atoms with Gasteiger partial charge in [0.05, 0.1) is 15.9 Å². The van der Waals surface area contributed by atoms with E-state index in [1.807, 2.05) is 0 Å². The van der Waals surface area contributed by atoms with Crippen LogP contribution in [0.5, 0.6) is 0 Å². The molecule has 8 heteroatoms. The molecule has 1 aromatic carbocycles. The summed E-state index contributed by atoms with van der Waals surface area (Å²) in [6.45, 7) is 1.55. The van der Waals surface area contributed by atoms with Gasteiger partial charge in [0.15, 0.2) is 0 Å². The molecule has 2 rings (SSSR count). The Labute approximate surface area is 117 Å². The quantitative estimate of drug-likeness (QED) is 0.663. The Bertz CT molecular complexity index is 608. The van der Waals surface area contributed by atoms with Gasteiger partial charge >= 0.3 is 0 Å². The van der Waals surface area contributed by atoms with Gasteiger partial charge in [-0.1, -0.05) is 23.8 Å². The number of sulfonamides is 1. The molecule has 1 aliphatic rings. The normalized spacial score (nSPS) is 16.4. The molecule has 0 radical (unpaired) electrons. The van der Waals surface area contributed by atoms with Gasteiger partial charge in [-0.25, -0.2) is 8.42 Å². The molecular weight excluding hydrogens is 284 g/mol. The molecule has 1 fully saturated rings. The zero-order valence-corrected chi connectivity index (χ0v) is 11.9. The number of aryl methyl sites for hydroxylation is 1. The molecule has 0 bridgehead atoms. The minimum Gasteiger partial charge on any atom is -0.284 e. The van der Waals surface area contributed by atoms with Crippen LogP contribution in [-0.4, -0.2) is 19.4 Å². The van der Waals surface area contributed by atoms with E-state index in [-0.39, 0.29) is 16.7 Å². The lowest BCUT2D eigenvalue weighted by atomic mass is 10.2. The Kier molecular flexibility index (Phi) is 4.36. The number of hydrogen-bond donors (Lipinski definition) is 1. The summed E-state index contributed by atoms with van der Waals surface area (Å²) >= 11 is 0. The van der Waals surface area contributed by atoms with Crippen LogP contribution in [0.2, 0.25) is 0 Å². The topological polar surface area (TPSA) is 98.5 Å². The van der Waals surface area contributed by atoms with Crippen molar-refractivity contribution in [1.82, 2.24) is 4.89 Å². The highest BCUT2D eigenvalue weighted by atomic mass is 32.2. The van der Waals surface area contributed by atoms with Gasteiger partial charge in [0.1, 0.15) is 0 Å². The first-order valence-corrected chi connectivity index (χ1v) is 7.81. The highest BCUT2D eigenvalue weighted by Crippen LogP contribution is 2.23. The van der Waals surface area contributed by atoms with Crippen molar-refractivity contribution in [3.05, 3.63) is 33.9 Å². The van der Waals surface area contributed by atoms with E-state index in [0.29, 0.717) is 5.56 Å². The number of rotatable bonds is 5. The molecule has 0 amide bonds. The van der Waals surface area contributed by atoms with Crippen LogP contribution in [0.1, 0.15) is 31.2 Å². The molecule has 1 aliphatic carbocycles. The monoisotopic (exact) mass is 300 g/mol. The van der Waals surface area contributed by atoms with Crippen molar-refractivity contribution >= 4 is 15.7 Å². The van der Waals surface area contributed by atoms with E-state index >= 15 is 0 Å². The summed E-state index contributed by atoms with van der Waals surface area (Å²) in [5.74, 6) is 0.